The Hall–Kier alpha value is -0.400. The van der Waals surface area contributed by atoms with Crippen LogP contribution >= 0.6 is 0 Å². The second-order valence-electron chi connectivity index (χ2n) is 9.33. The van der Waals surface area contributed by atoms with E-state index in [1.807, 2.05) is 0 Å². The lowest BCUT2D eigenvalue weighted by Crippen LogP contribution is -2.24. The van der Waals surface area contributed by atoms with Crippen LogP contribution < -0.4 is 0 Å². The first-order valence-corrected chi connectivity index (χ1v) is 15.3. The average molecular weight is 567 g/mol. The third kappa shape index (κ3) is 28.9. The molecule has 0 radical (unpaired) electrons. The SMILES string of the molecule is CCCCCCCCOCCOCCOCCOCCOCCOCCOCCOCCOC1CCCCO1. The maximum absolute atomic E-state index is 5.61. The van der Waals surface area contributed by atoms with Crippen molar-refractivity contribution < 1.29 is 47.4 Å². The van der Waals surface area contributed by atoms with Gasteiger partial charge >= 0.3 is 0 Å². The Bertz CT molecular complexity index is 452. The fourth-order valence-corrected chi connectivity index (χ4v) is 3.71. The predicted molar refractivity (Wildman–Crippen MR) is 149 cm³/mol. The molecule has 0 N–H and O–H groups in total. The van der Waals surface area contributed by atoms with Crippen molar-refractivity contribution in [1.29, 1.82) is 0 Å². The summed E-state index contributed by atoms with van der Waals surface area (Å²) in [4.78, 5) is 0. The Morgan fingerprint density at radius 1 is 0.436 bits per heavy atom. The van der Waals surface area contributed by atoms with Crippen molar-refractivity contribution in [3.8, 4) is 0 Å². The van der Waals surface area contributed by atoms with Crippen LogP contribution in [0.25, 0.3) is 0 Å². The van der Waals surface area contributed by atoms with E-state index < -0.39 is 0 Å². The van der Waals surface area contributed by atoms with Gasteiger partial charge in [-0.05, 0) is 25.7 Å². The van der Waals surface area contributed by atoms with Crippen molar-refractivity contribution in [3.63, 3.8) is 0 Å². The van der Waals surface area contributed by atoms with E-state index in [2.05, 4.69) is 6.92 Å². The van der Waals surface area contributed by atoms with E-state index in [0.29, 0.717) is 106 Å². The third-order valence-electron chi connectivity index (χ3n) is 5.92. The van der Waals surface area contributed by atoms with Gasteiger partial charge in [0.2, 0.25) is 0 Å². The quantitative estimate of drug-likeness (QED) is 0.111. The van der Waals surface area contributed by atoms with Crippen LogP contribution in [-0.2, 0) is 47.4 Å². The van der Waals surface area contributed by atoms with E-state index >= 15 is 0 Å². The Labute approximate surface area is 237 Å². The molecule has 0 saturated carbocycles. The normalized spacial score (nSPS) is 15.8. The molecule has 0 aromatic heterocycles. The smallest absolute Gasteiger partial charge is 0.157 e. The lowest BCUT2D eigenvalue weighted by molar-refractivity contribution is -0.169. The van der Waals surface area contributed by atoms with E-state index in [-0.39, 0.29) is 6.29 Å². The molecule has 10 heteroatoms. The van der Waals surface area contributed by atoms with Crippen LogP contribution in [0.15, 0.2) is 0 Å². The van der Waals surface area contributed by atoms with Crippen LogP contribution in [0.5, 0.6) is 0 Å². The molecule has 39 heavy (non-hydrogen) atoms. The lowest BCUT2D eigenvalue weighted by atomic mass is 10.1. The van der Waals surface area contributed by atoms with Gasteiger partial charge in [-0.1, -0.05) is 39.0 Å². The first kappa shape index (κ1) is 36.6. The molecule has 1 aliphatic heterocycles. The summed E-state index contributed by atoms with van der Waals surface area (Å²) in [6.45, 7) is 12.8. The highest BCUT2D eigenvalue weighted by atomic mass is 16.7. The standard InChI is InChI=1S/C29H58O10/c1-2-3-4-5-6-8-11-30-13-14-31-15-16-32-17-18-33-19-20-34-21-22-35-23-24-36-25-26-37-27-28-39-29-10-7-9-12-38-29/h29H,2-28H2,1H3. The Morgan fingerprint density at radius 3 is 1.23 bits per heavy atom. The minimum absolute atomic E-state index is 0.0572. The van der Waals surface area contributed by atoms with E-state index in [9.17, 15) is 0 Å². The summed E-state index contributed by atoms with van der Waals surface area (Å²) in [6.07, 6.45) is 10.9. The van der Waals surface area contributed by atoms with Crippen LogP contribution in [-0.4, -0.2) is 125 Å². The van der Waals surface area contributed by atoms with Gasteiger partial charge in [0.1, 0.15) is 0 Å². The van der Waals surface area contributed by atoms with E-state index in [1.165, 1.54) is 38.5 Å². The molecule has 10 nitrogen and oxygen atoms in total. The topological polar surface area (TPSA) is 92.3 Å². The van der Waals surface area contributed by atoms with Crippen LogP contribution in [0.4, 0.5) is 0 Å². The molecule has 0 aromatic rings. The zero-order valence-corrected chi connectivity index (χ0v) is 24.8. The molecule has 0 spiro atoms. The monoisotopic (exact) mass is 566 g/mol. The fourth-order valence-electron chi connectivity index (χ4n) is 3.71. The molecule has 1 heterocycles. The number of ether oxygens (including phenoxy) is 10. The highest BCUT2D eigenvalue weighted by Crippen LogP contribution is 2.13. The Morgan fingerprint density at radius 2 is 0.821 bits per heavy atom. The van der Waals surface area contributed by atoms with Gasteiger partial charge in [-0.25, -0.2) is 0 Å². The molecule has 1 rings (SSSR count). The van der Waals surface area contributed by atoms with Crippen molar-refractivity contribution in [2.45, 2.75) is 71.0 Å². The van der Waals surface area contributed by atoms with E-state index in [0.717, 1.165) is 32.5 Å². The molecule has 1 atom stereocenters. The third-order valence-corrected chi connectivity index (χ3v) is 5.92. The largest absolute Gasteiger partial charge is 0.379 e. The molecule has 0 aliphatic carbocycles. The Kier molecular flexibility index (Phi) is 30.2. The summed E-state index contributed by atoms with van der Waals surface area (Å²) in [5, 5.41) is 0. The summed E-state index contributed by atoms with van der Waals surface area (Å²) in [5.41, 5.74) is 0. The molecule has 0 aromatic carbocycles. The summed E-state index contributed by atoms with van der Waals surface area (Å²) in [6, 6.07) is 0. The minimum atomic E-state index is -0.0572. The number of unbranched alkanes of at least 4 members (excludes halogenated alkanes) is 5. The van der Waals surface area contributed by atoms with Gasteiger partial charge in [0.05, 0.1) is 106 Å². The van der Waals surface area contributed by atoms with E-state index in [4.69, 9.17) is 47.4 Å². The van der Waals surface area contributed by atoms with Crippen molar-refractivity contribution in [1.82, 2.24) is 0 Å². The van der Waals surface area contributed by atoms with Gasteiger partial charge in [-0.3, -0.25) is 0 Å². The molecular formula is C29H58O10. The van der Waals surface area contributed by atoms with Gasteiger partial charge in [0.25, 0.3) is 0 Å². The molecule has 1 aliphatic rings. The minimum Gasteiger partial charge on any atom is -0.379 e. The van der Waals surface area contributed by atoms with Gasteiger partial charge < -0.3 is 47.4 Å². The van der Waals surface area contributed by atoms with E-state index in [1.54, 1.807) is 0 Å². The zero-order valence-electron chi connectivity index (χ0n) is 24.8. The molecule has 1 unspecified atom stereocenters. The molecule has 234 valence electrons. The number of hydrogen-bond donors (Lipinski definition) is 0. The molecule has 0 amide bonds. The van der Waals surface area contributed by atoms with Gasteiger partial charge in [-0.15, -0.1) is 0 Å². The predicted octanol–water partition coefficient (Wildman–Crippen LogP) is 4.02. The number of hydrogen-bond acceptors (Lipinski definition) is 10. The van der Waals surface area contributed by atoms with Crippen LogP contribution in [0, 0.1) is 0 Å². The summed E-state index contributed by atoms with van der Waals surface area (Å²) >= 11 is 0. The lowest BCUT2D eigenvalue weighted by Gasteiger charge is -2.22. The van der Waals surface area contributed by atoms with Crippen LogP contribution in [0.2, 0.25) is 0 Å². The van der Waals surface area contributed by atoms with Crippen LogP contribution in [0.3, 0.4) is 0 Å². The summed E-state index contributed by atoms with van der Waals surface area (Å²) in [7, 11) is 0. The van der Waals surface area contributed by atoms with Gasteiger partial charge in [0, 0.05) is 13.2 Å². The van der Waals surface area contributed by atoms with Crippen molar-refractivity contribution >= 4 is 0 Å². The molecule has 1 fully saturated rings. The fraction of sp³-hybridized carbons (Fsp3) is 1.00. The molecule has 1 saturated heterocycles. The highest BCUT2D eigenvalue weighted by Gasteiger charge is 2.13. The van der Waals surface area contributed by atoms with Crippen molar-refractivity contribution in [3.05, 3.63) is 0 Å². The average Bonchev–Trinajstić information content (AvgIpc) is 2.96. The summed E-state index contributed by atoms with van der Waals surface area (Å²) < 4.78 is 55.1. The second kappa shape index (κ2) is 32.1. The molecule has 0 bridgehead atoms. The summed E-state index contributed by atoms with van der Waals surface area (Å²) in [5.74, 6) is 0. The molecular weight excluding hydrogens is 508 g/mol. The Balaban J connectivity index is 1.60. The second-order valence-corrected chi connectivity index (χ2v) is 9.33. The zero-order chi connectivity index (χ0) is 27.7. The maximum Gasteiger partial charge on any atom is 0.157 e. The number of rotatable bonds is 32. The van der Waals surface area contributed by atoms with Crippen molar-refractivity contribution in [2.75, 3.05) is 119 Å². The van der Waals surface area contributed by atoms with Gasteiger partial charge in [-0.2, -0.15) is 0 Å². The van der Waals surface area contributed by atoms with Gasteiger partial charge in [0.15, 0.2) is 6.29 Å². The van der Waals surface area contributed by atoms with Crippen LogP contribution in [0.1, 0.15) is 64.7 Å². The maximum atomic E-state index is 5.61. The first-order chi connectivity index (χ1) is 19.4. The first-order valence-electron chi connectivity index (χ1n) is 15.3. The highest BCUT2D eigenvalue weighted by molar-refractivity contribution is 4.53. The van der Waals surface area contributed by atoms with Crippen molar-refractivity contribution in [2.24, 2.45) is 0 Å².